The quantitative estimate of drug-likeness (QED) is 0.647. The molecule has 1 aromatic rings. The Morgan fingerprint density at radius 2 is 2.24 bits per heavy atom. The smallest absolute Gasteiger partial charge is 0.254 e. The zero-order chi connectivity index (χ0) is 12.7. The molecule has 0 saturated carbocycles. The first-order chi connectivity index (χ1) is 8.09. The molecule has 1 heterocycles. The van der Waals surface area contributed by atoms with Gasteiger partial charge in [0.25, 0.3) is 5.91 Å². The molecule has 0 fully saturated rings. The molecule has 0 aliphatic carbocycles. The van der Waals surface area contributed by atoms with Crippen LogP contribution in [0.3, 0.4) is 0 Å². The van der Waals surface area contributed by atoms with Gasteiger partial charge in [-0.2, -0.15) is 0 Å². The summed E-state index contributed by atoms with van der Waals surface area (Å²) in [5.41, 5.74) is 0.425. The summed E-state index contributed by atoms with van der Waals surface area (Å²) in [5, 5.41) is 14.1. The third kappa shape index (κ3) is 5.17. The molecule has 0 spiro atoms. The molecule has 94 valence electrons. The van der Waals surface area contributed by atoms with Gasteiger partial charge in [-0.05, 0) is 13.0 Å². The maximum atomic E-state index is 11.4. The molecule has 17 heavy (non-hydrogen) atoms. The van der Waals surface area contributed by atoms with Crippen LogP contribution in [0.25, 0.3) is 0 Å². The van der Waals surface area contributed by atoms with Gasteiger partial charge < -0.3 is 20.2 Å². The predicted molar refractivity (Wildman–Crippen MR) is 60.3 cm³/mol. The summed E-state index contributed by atoms with van der Waals surface area (Å²) in [4.78, 5) is 22.6. The van der Waals surface area contributed by atoms with Gasteiger partial charge in [0, 0.05) is 19.5 Å². The van der Waals surface area contributed by atoms with Gasteiger partial charge in [-0.25, -0.2) is 0 Å². The molecule has 1 rings (SSSR count). The first-order valence-electron chi connectivity index (χ1n) is 5.34. The van der Waals surface area contributed by atoms with Crippen LogP contribution in [0.1, 0.15) is 23.7 Å². The molecule has 1 unspecified atom stereocenters. The van der Waals surface area contributed by atoms with Crippen molar-refractivity contribution in [2.24, 2.45) is 0 Å². The summed E-state index contributed by atoms with van der Waals surface area (Å²) in [6.45, 7) is 2.05. The third-order valence-electron chi connectivity index (χ3n) is 2.02. The van der Waals surface area contributed by atoms with E-state index in [-0.39, 0.29) is 31.3 Å². The maximum Gasteiger partial charge on any atom is 0.254 e. The summed E-state index contributed by atoms with van der Waals surface area (Å²) in [6.07, 6.45) is 2.35. The van der Waals surface area contributed by atoms with E-state index in [0.717, 1.165) is 0 Å². The maximum absolute atomic E-state index is 11.4. The van der Waals surface area contributed by atoms with Crippen LogP contribution in [0.4, 0.5) is 0 Å². The van der Waals surface area contributed by atoms with Crippen molar-refractivity contribution in [3.05, 3.63) is 24.2 Å². The van der Waals surface area contributed by atoms with Gasteiger partial charge >= 0.3 is 0 Å². The SMILES string of the molecule is CC(O)CNC(=O)CCNC(=O)c1ccoc1. The Hall–Kier alpha value is -1.82. The van der Waals surface area contributed by atoms with E-state index in [1.807, 2.05) is 0 Å². The number of amides is 2. The number of carbonyl (C=O) groups excluding carboxylic acids is 2. The summed E-state index contributed by atoms with van der Waals surface area (Å²) in [5.74, 6) is -0.486. The Morgan fingerprint density at radius 3 is 2.82 bits per heavy atom. The lowest BCUT2D eigenvalue weighted by Crippen LogP contribution is -2.34. The molecule has 1 atom stereocenters. The van der Waals surface area contributed by atoms with Gasteiger partial charge in [-0.15, -0.1) is 0 Å². The standard InChI is InChI=1S/C11H16N2O4/c1-8(14)6-13-10(15)2-4-12-11(16)9-3-5-17-7-9/h3,5,7-8,14H,2,4,6H2,1H3,(H,12,16)(H,13,15). The fourth-order valence-corrected chi connectivity index (χ4v) is 1.14. The van der Waals surface area contributed by atoms with Gasteiger partial charge in [0.2, 0.25) is 5.91 Å². The van der Waals surface area contributed by atoms with Gasteiger partial charge in [0.15, 0.2) is 0 Å². The molecule has 0 bridgehead atoms. The molecular weight excluding hydrogens is 224 g/mol. The molecule has 0 radical (unpaired) electrons. The molecule has 1 aromatic heterocycles. The fourth-order valence-electron chi connectivity index (χ4n) is 1.14. The first-order valence-corrected chi connectivity index (χ1v) is 5.34. The van der Waals surface area contributed by atoms with Crippen LogP contribution in [-0.4, -0.2) is 36.1 Å². The van der Waals surface area contributed by atoms with Crippen molar-refractivity contribution in [1.82, 2.24) is 10.6 Å². The van der Waals surface area contributed by atoms with E-state index in [1.165, 1.54) is 12.5 Å². The van der Waals surface area contributed by atoms with Crippen LogP contribution in [0.5, 0.6) is 0 Å². The van der Waals surface area contributed by atoms with E-state index < -0.39 is 6.10 Å². The average molecular weight is 240 g/mol. The Bertz CT molecular complexity index is 360. The molecule has 0 aliphatic heterocycles. The Morgan fingerprint density at radius 1 is 1.47 bits per heavy atom. The van der Waals surface area contributed by atoms with E-state index >= 15 is 0 Å². The topological polar surface area (TPSA) is 91.6 Å². The van der Waals surface area contributed by atoms with Crippen molar-refractivity contribution in [2.75, 3.05) is 13.1 Å². The molecular formula is C11H16N2O4. The van der Waals surface area contributed by atoms with Crippen LogP contribution in [0.2, 0.25) is 0 Å². The molecule has 3 N–H and O–H groups in total. The van der Waals surface area contributed by atoms with Crippen molar-refractivity contribution in [1.29, 1.82) is 0 Å². The molecule has 0 aromatic carbocycles. The molecule has 6 nitrogen and oxygen atoms in total. The molecule has 2 amide bonds. The molecule has 0 aliphatic rings. The Labute approximate surface area is 99.0 Å². The number of furan rings is 1. The van der Waals surface area contributed by atoms with Gasteiger partial charge in [0.1, 0.15) is 6.26 Å². The van der Waals surface area contributed by atoms with E-state index in [1.54, 1.807) is 13.0 Å². The van der Waals surface area contributed by atoms with Crippen LogP contribution in [0, 0.1) is 0 Å². The second-order valence-corrected chi connectivity index (χ2v) is 3.67. The highest BCUT2D eigenvalue weighted by Gasteiger charge is 2.07. The molecule has 6 heteroatoms. The summed E-state index contributed by atoms with van der Waals surface area (Å²) in [7, 11) is 0. The normalized spacial score (nSPS) is 11.9. The molecule has 0 saturated heterocycles. The highest BCUT2D eigenvalue weighted by atomic mass is 16.3. The fraction of sp³-hybridized carbons (Fsp3) is 0.455. The lowest BCUT2D eigenvalue weighted by molar-refractivity contribution is -0.121. The number of aliphatic hydroxyl groups is 1. The summed E-state index contributed by atoms with van der Waals surface area (Å²) in [6, 6.07) is 1.54. The van der Waals surface area contributed by atoms with E-state index in [0.29, 0.717) is 5.56 Å². The minimum absolute atomic E-state index is 0.177. The number of hydrogen-bond donors (Lipinski definition) is 3. The lowest BCUT2D eigenvalue weighted by Gasteiger charge is -2.07. The zero-order valence-electron chi connectivity index (χ0n) is 9.60. The number of hydrogen-bond acceptors (Lipinski definition) is 4. The van der Waals surface area contributed by atoms with Crippen molar-refractivity contribution >= 4 is 11.8 Å². The summed E-state index contributed by atoms with van der Waals surface area (Å²) < 4.78 is 4.76. The van der Waals surface area contributed by atoms with Crippen molar-refractivity contribution in [2.45, 2.75) is 19.4 Å². The second-order valence-electron chi connectivity index (χ2n) is 3.67. The predicted octanol–water partition coefficient (Wildman–Crippen LogP) is -0.104. The van der Waals surface area contributed by atoms with Gasteiger partial charge in [-0.3, -0.25) is 9.59 Å². The van der Waals surface area contributed by atoms with Gasteiger partial charge in [-0.1, -0.05) is 0 Å². The highest BCUT2D eigenvalue weighted by molar-refractivity contribution is 5.93. The first kappa shape index (κ1) is 13.2. The minimum Gasteiger partial charge on any atom is -0.472 e. The Kier molecular flexibility index (Phi) is 5.22. The third-order valence-corrected chi connectivity index (χ3v) is 2.02. The number of carbonyl (C=O) groups is 2. The minimum atomic E-state index is -0.570. The largest absolute Gasteiger partial charge is 0.472 e. The van der Waals surface area contributed by atoms with E-state index in [4.69, 9.17) is 9.52 Å². The number of aliphatic hydroxyl groups excluding tert-OH is 1. The van der Waals surface area contributed by atoms with Crippen LogP contribution in [0.15, 0.2) is 23.0 Å². The van der Waals surface area contributed by atoms with Gasteiger partial charge in [0.05, 0.1) is 17.9 Å². The van der Waals surface area contributed by atoms with Crippen LogP contribution in [-0.2, 0) is 4.79 Å². The average Bonchev–Trinajstić information content (AvgIpc) is 2.79. The highest BCUT2D eigenvalue weighted by Crippen LogP contribution is 1.98. The number of rotatable bonds is 6. The van der Waals surface area contributed by atoms with E-state index in [2.05, 4.69) is 10.6 Å². The zero-order valence-corrected chi connectivity index (χ0v) is 9.60. The van der Waals surface area contributed by atoms with Crippen molar-refractivity contribution in [3.8, 4) is 0 Å². The Balaban J connectivity index is 2.15. The van der Waals surface area contributed by atoms with Crippen LogP contribution >= 0.6 is 0 Å². The van der Waals surface area contributed by atoms with Crippen molar-refractivity contribution < 1.29 is 19.1 Å². The summed E-state index contributed by atoms with van der Waals surface area (Å²) >= 11 is 0. The second kappa shape index (κ2) is 6.70. The van der Waals surface area contributed by atoms with Crippen molar-refractivity contribution in [3.63, 3.8) is 0 Å². The van der Waals surface area contributed by atoms with E-state index in [9.17, 15) is 9.59 Å². The lowest BCUT2D eigenvalue weighted by atomic mass is 10.3. The number of nitrogens with one attached hydrogen (secondary N) is 2. The monoisotopic (exact) mass is 240 g/mol. The van der Waals surface area contributed by atoms with Crippen LogP contribution < -0.4 is 10.6 Å².